The molecule has 0 radical (unpaired) electrons. The number of piperidine rings is 1. The molecule has 4 heteroatoms. The summed E-state index contributed by atoms with van der Waals surface area (Å²) in [6.45, 7) is 3.46. The van der Waals surface area contributed by atoms with Crippen LogP contribution in [0.5, 0.6) is 0 Å². The van der Waals surface area contributed by atoms with Gasteiger partial charge >= 0.3 is 0 Å². The lowest BCUT2D eigenvalue weighted by Crippen LogP contribution is -2.44. The van der Waals surface area contributed by atoms with Gasteiger partial charge in [0.05, 0.1) is 0 Å². The first-order chi connectivity index (χ1) is 9.24. The summed E-state index contributed by atoms with van der Waals surface area (Å²) in [7, 11) is 0. The quantitative estimate of drug-likeness (QED) is 0.897. The van der Waals surface area contributed by atoms with Crippen molar-refractivity contribution in [3.8, 4) is 0 Å². The van der Waals surface area contributed by atoms with Crippen LogP contribution < -0.4 is 5.32 Å². The Morgan fingerprint density at radius 3 is 3.05 bits per heavy atom. The monoisotopic (exact) mass is 342 g/mol. The minimum absolute atomic E-state index is 0.645. The Morgan fingerprint density at radius 1 is 1.26 bits per heavy atom. The van der Waals surface area contributed by atoms with Gasteiger partial charge < -0.3 is 5.32 Å². The third kappa shape index (κ3) is 3.15. The molecule has 0 amide bonds. The van der Waals surface area contributed by atoms with E-state index in [1.54, 1.807) is 0 Å². The van der Waals surface area contributed by atoms with Crippen LogP contribution in [0.15, 0.2) is 22.7 Å². The van der Waals surface area contributed by atoms with Crippen molar-refractivity contribution in [1.29, 1.82) is 0 Å². The average molecular weight is 344 g/mol. The van der Waals surface area contributed by atoms with E-state index in [4.69, 9.17) is 11.6 Å². The maximum atomic E-state index is 6.07. The standard InChI is InChI=1S/C15H20BrClN2/c16-13-5-4-12(17)9-11(13)10-18-14-6-8-19-7-2-1-3-15(14)19/h4-5,9,14-15,18H,1-3,6-8,10H2. The van der Waals surface area contributed by atoms with E-state index in [2.05, 4.69) is 26.1 Å². The van der Waals surface area contributed by atoms with Crippen molar-refractivity contribution in [3.63, 3.8) is 0 Å². The predicted octanol–water partition coefficient (Wildman–Crippen LogP) is 3.82. The number of nitrogens with one attached hydrogen (secondary N) is 1. The Balaban J connectivity index is 1.61. The van der Waals surface area contributed by atoms with Crippen molar-refractivity contribution in [2.45, 2.75) is 44.3 Å². The second-order valence-electron chi connectivity index (χ2n) is 5.61. The van der Waals surface area contributed by atoms with Gasteiger partial charge in [0.2, 0.25) is 0 Å². The number of fused-ring (bicyclic) bond motifs is 1. The van der Waals surface area contributed by atoms with E-state index in [1.165, 1.54) is 44.3 Å². The van der Waals surface area contributed by atoms with Gasteiger partial charge in [-0.1, -0.05) is 34.0 Å². The van der Waals surface area contributed by atoms with Crippen LogP contribution in [0.2, 0.25) is 5.02 Å². The summed E-state index contributed by atoms with van der Waals surface area (Å²) in [5.41, 5.74) is 1.25. The summed E-state index contributed by atoms with van der Waals surface area (Å²) in [5, 5.41) is 4.55. The highest BCUT2D eigenvalue weighted by atomic mass is 79.9. The van der Waals surface area contributed by atoms with Crippen molar-refractivity contribution in [1.82, 2.24) is 10.2 Å². The number of nitrogens with zero attached hydrogens (tertiary/aromatic N) is 1. The van der Waals surface area contributed by atoms with Gasteiger partial charge in [0.15, 0.2) is 0 Å². The molecular formula is C15H20BrClN2. The Hall–Kier alpha value is -0.0900. The van der Waals surface area contributed by atoms with E-state index in [0.717, 1.165) is 22.1 Å². The largest absolute Gasteiger partial charge is 0.308 e. The average Bonchev–Trinajstić information content (AvgIpc) is 2.83. The molecule has 2 saturated heterocycles. The first-order valence-corrected chi connectivity index (χ1v) is 8.32. The second kappa shape index (κ2) is 6.13. The maximum absolute atomic E-state index is 6.07. The molecule has 1 N–H and O–H groups in total. The number of halogens is 2. The molecular weight excluding hydrogens is 324 g/mol. The van der Waals surface area contributed by atoms with E-state index in [1.807, 2.05) is 18.2 Å². The van der Waals surface area contributed by atoms with Crippen LogP contribution in [0.3, 0.4) is 0 Å². The summed E-state index contributed by atoms with van der Waals surface area (Å²) < 4.78 is 1.14. The topological polar surface area (TPSA) is 15.3 Å². The van der Waals surface area contributed by atoms with Crippen LogP contribution in [0, 0.1) is 0 Å². The van der Waals surface area contributed by atoms with Gasteiger partial charge in [0.1, 0.15) is 0 Å². The van der Waals surface area contributed by atoms with Gasteiger partial charge in [0, 0.05) is 34.7 Å². The summed E-state index contributed by atoms with van der Waals surface area (Å²) in [6, 6.07) is 7.40. The fourth-order valence-corrected chi connectivity index (χ4v) is 3.99. The minimum Gasteiger partial charge on any atom is -0.308 e. The van der Waals surface area contributed by atoms with Crippen molar-refractivity contribution in [2.24, 2.45) is 0 Å². The Kier molecular flexibility index (Phi) is 4.47. The SMILES string of the molecule is Clc1ccc(Br)c(CNC2CCN3CCCCC23)c1. The lowest BCUT2D eigenvalue weighted by Gasteiger charge is -2.32. The van der Waals surface area contributed by atoms with E-state index < -0.39 is 0 Å². The van der Waals surface area contributed by atoms with Crippen molar-refractivity contribution in [2.75, 3.05) is 13.1 Å². The molecule has 0 saturated carbocycles. The summed E-state index contributed by atoms with van der Waals surface area (Å²) in [4.78, 5) is 2.66. The molecule has 2 heterocycles. The van der Waals surface area contributed by atoms with E-state index in [0.29, 0.717) is 6.04 Å². The summed E-state index contributed by atoms with van der Waals surface area (Å²) in [6.07, 6.45) is 5.40. The molecule has 0 aliphatic carbocycles. The Morgan fingerprint density at radius 2 is 2.16 bits per heavy atom. The minimum atomic E-state index is 0.645. The second-order valence-corrected chi connectivity index (χ2v) is 6.90. The van der Waals surface area contributed by atoms with Crippen LogP contribution >= 0.6 is 27.5 Å². The zero-order chi connectivity index (χ0) is 13.2. The van der Waals surface area contributed by atoms with Crippen molar-refractivity contribution in [3.05, 3.63) is 33.3 Å². The molecule has 0 bridgehead atoms. The summed E-state index contributed by atoms with van der Waals surface area (Å²) in [5.74, 6) is 0. The van der Waals surface area contributed by atoms with E-state index in [-0.39, 0.29) is 0 Å². The third-order valence-electron chi connectivity index (χ3n) is 4.42. The van der Waals surface area contributed by atoms with Gasteiger partial charge in [-0.3, -0.25) is 4.90 Å². The molecule has 104 valence electrons. The number of benzene rings is 1. The van der Waals surface area contributed by atoms with Gasteiger partial charge in [-0.15, -0.1) is 0 Å². The molecule has 3 rings (SSSR count). The van der Waals surface area contributed by atoms with Gasteiger partial charge in [-0.05, 0) is 49.6 Å². The highest BCUT2D eigenvalue weighted by molar-refractivity contribution is 9.10. The predicted molar refractivity (Wildman–Crippen MR) is 83.6 cm³/mol. The molecule has 2 fully saturated rings. The molecule has 2 atom stereocenters. The first-order valence-electron chi connectivity index (χ1n) is 7.15. The number of hydrogen-bond donors (Lipinski definition) is 1. The van der Waals surface area contributed by atoms with E-state index >= 15 is 0 Å². The summed E-state index contributed by atoms with van der Waals surface area (Å²) >= 11 is 9.67. The van der Waals surface area contributed by atoms with Crippen molar-refractivity contribution < 1.29 is 0 Å². The first kappa shape index (κ1) is 13.9. The lowest BCUT2D eigenvalue weighted by atomic mass is 9.99. The van der Waals surface area contributed by atoms with Crippen LogP contribution in [0.25, 0.3) is 0 Å². The van der Waals surface area contributed by atoms with Crippen LogP contribution in [-0.2, 0) is 6.54 Å². The lowest BCUT2D eigenvalue weighted by molar-refractivity contribution is 0.180. The molecule has 2 aliphatic rings. The Labute approximate surface area is 128 Å². The van der Waals surface area contributed by atoms with Gasteiger partial charge in [-0.2, -0.15) is 0 Å². The fraction of sp³-hybridized carbons (Fsp3) is 0.600. The molecule has 19 heavy (non-hydrogen) atoms. The molecule has 0 spiro atoms. The van der Waals surface area contributed by atoms with Gasteiger partial charge in [0.25, 0.3) is 0 Å². The van der Waals surface area contributed by atoms with Crippen LogP contribution in [-0.4, -0.2) is 30.1 Å². The maximum Gasteiger partial charge on any atom is 0.0410 e. The molecule has 2 nitrogen and oxygen atoms in total. The fourth-order valence-electron chi connectivity index (χ4n) is 3.41. The smallest absolute Gasteiger partial charge is 0.0410 e. The molecule has 0 aromatic heterocycles. The number of rotatable bonds is 3. The molecule has 2 aliphatic heterocycles. The zero-order valence-electron chi connectivity index (χ0n) is 11.0. The third-order valence-corrected chi connectivity index (χ3v) is 5.43. The van der Waals surface area contributed by atoms with Crippen molar-refractivity contribution >= 4 is 27.5 Å². The number of hydrogen-bond acceptors (Lipinski definition) is 2. The Bertz CT molecular complexity index is 452. The molecule has 2 unspecified atom stereocenters. The van der Waals surface area contributed by atoms with Crippen LogP contribution in [0.4, 0.5) is 0 Å². The van der Waals surface area contributed by atoms with Gasteiger partial charge in [-0.25, -0.2) is 0 Å². The van der Waals surface area contributed by atoms with E-state index in [9.17, 15) is 0 Å². The van der Waals surface area contributed by atoms with Crippen LogP contribution in [0.1, 0.15) is 31.2 Å². The highest BCUT2D eigenvalue weighted by Crippen LogP contribution is 2.28. The molecule has 1 aromatic rings. The zero-order valence-corrected chi connectivity index (χ0v) is 13.4. The molecule has 1 aromatic carbocycles. The normalized spacial score (nSPS) is 27.5. The highest BCUT2D eigenvalue weighted by Gasteiger charge is 2.34.